The molecule has 0 unspecified atom stereocenters. The van der Waals surface area contributed by atoms with E-state index in [9.17, 15) is 0 Å². The van der Waals surface area contributed by atoms with E-state index in [1.807, 2.05) is 36.4 Å². The van der Waals surface area contributed by atoms with Crippen LogP contribution in [0.15, 0.2) is 36.4 Å². The first-order chi connectivity index (χ1) is 6.15. The second kappa shape index (κ2) is 13.0. The van der Waals surface area contributed by atoms with Crippen LogP contribution in [0.1, 0.15) is 6.92 Å². The monoisotopic (exact) mass is 199 g/mol. The summed E-state index contributed by atoms with van der Waals surface area (Å²) in [6.07, 6.45) is 0. The summed E-state index contributed by atoms with van der Waals surface area (Å²) in [6, 6.07) is 13.8. The quantitative estimate of drug-likeness (QED) is 0.629. The van der Waals surface area contributed by atoms with Gasteiger partial charge in [-0.05, 0) is 0 Å². The van der Waals surface area contributed by atoms with Crippen LogP contribution in [-0.4, -0.2) is 12.6 Å². The van der Waals surface area contributed by atoms with E-state index >= 15 is 0 Å². The average Bonchev–Trinajstić information content (AvgIpc) is 2.08. The van der Waals surface area contributed by atoms with Crippen LogP contribution in [0.5, 0.6) is 0 Å². The minimum Gasteiger partial charge on any atom is -0.199 e. The van der Waals surface area contributed by atoms with Crippen molar-refractivity contribution in [3.05, 3.63) is 36.4 Å². The number of rotatable bonds is 0. The van der Waals surface area contributed by atoms with E-state index in [0.29, 0.717) is 0 Å². The van der Waals surface area contributed by atoms with Crippen molar-refractivity contribution in [2.45, 2.75) is 6.92 Å². The predicted molar refractivity (Wildman–Crippen MR) is 47.4 cm³/mol. The Kier molecular flexibility index (Phi) is 13.8. The maximum Gasteiger partial charge on any atom is 0.425 e. The molecule has 0 saturated carbocycles. The van der Waals surface area contributed by atoms with E-state index in [4.69, 9.17) is 17.9 Å². The number of nitrogens with zero attached hydrogens (tertiary/aromatic N) is 1. The first kappa shape index (κ1) is 13.9. The molecule has 1 rings (SSSR count). The smallest absolute Gasteiger partial charge is 0.199 e. The Morgan fingerprint density at radius 1 is 0.923 bits per heavy atom. The summed E-state index contributed by atoms with van der Waals surface area (Å²) in [7, 11) is -3.11. The highest BCUT2D eigenvalue weighted by Gasteiger charge is 1.57. The molecule has 0 amide bonds. The molecule has 0 heterocycles. The van der Waals surface area contributed by atoms with Crippen LogP contribution in [0.3, 0.4) is 0 Å². The molecule has 0 aliphatic rings. The molecule has 4 nitrogen and oxygen atoms in total. The number of benzene rings is 1. The van der Waals surface area contributed by atoms with Crippen molar-refractivity contribution in [2.75, 3.05) is 0 Å². The lowest BCUT2D eigenvalue weighted by atomic mass is 10.4. The van der Waals surface area contributed by atoms with Crippen LogP contribution >= 0.6 is 0 Å². The molecule has 0 bridgehead atoms. The lowest BCUT2D eigenvalue weighted by Gasteiger charge is -1.69. The van der Waals surface area contributed by atoms with Gasteiger partial charge < -0.3 is 0 Å². The van der Waals surface area contributed by atoms with E-state index in [1.165, 1.54) is 6.92 Å². The summed E-state index contributed by atoms with van der Waals surface area (Å²) >= 11 is 0. The van der Waals surface area contributed by atoms with Gasteiger partial charge in [0, 0.05) is 6.92 Å². The second-order valence-electron chi connectivity index (χ2n) is 1.58. The molecule has 0 spiro atoms. The fourth-order valence-corrected chi connectivity index (χ4v) is 0.385. The summed E-state index contributed by atoms with van der Waals surface area (Å²) in [5.74, 6) is 0. The Morgan fingerprint density at radius 2 is 1.00 bits per heavy atom. The molecule has 0 radical (unpaired) electrons. The number of hydrogen-bond acceptors (Lipinski definition) is 4. The van der Waals surface area contributed by atoms with Crippen LogP contribution in [-0.2, 0) is 10.6 Å². The van der Waals surface area contributed by atoms with Crippen LogP contribution < -0.4 is 0 Å². The van der Waals surface area contributed by atoms with E-state index in [2.05, 4.69) is 0 Å². The third-order valence-electron chi connectivity index (χ3n) is 0.667. The van der Waals surface area contributed by atoms with Gasteiger partial charge >= 0.3 is 10.6 Å². The molecule has 0 aliphatic heterocycles. The van der Waals surface area contributed by atoms with Gasteiger partial charge in [0.25, 0.3) is 0 Å². The van der Waals surface area contributed by atoms with Crippen molar-refractivity contribution in [3.8, 4) is 6.07 Å². The summed E-state index contributed by atoms with van der Waals surface area (Å²) in [4.78, 5) is 0. The highest BCUT2D eigenvalue weighted by Crippen LogP contribution is 1.79. The predicted octanol–water partition coefficient (Wildman–Crippen LogP) is 1.21. The molecule has 70 valence electrons. The molecule has 1 aromatic carbocycles. The first-order valence-corrected chi connectivity index (χ1v) is 4.22. The molecule has 0 saturated heterocycles. The fraction of sp³-hybridized carbons (Fsp3) is 0.125. The van der Waals surface area contributed by atoms with Crippen LogP contribution in [0.2, 0.25) is 0 Å². The minimum atomic E-state index is -3.11. The zero-order chi connectivity index (χ0) is 10.5. The van der Waals surface area contributed by atoms with E-state index in [1.54, 1.807) is 6.07 Å². The van der Waals surface area contributed by atoms with Crippen LogP contribution in [0.25, 0.3) is 0 Å². The van der Waals surface area contributed by atoms with E-state index in [-0.39, 0.29) is 0 Å². The minimum absolute atomic E-state index is 1.43. The molecule has 5 heteroatoms. The zero-order valence-corrected chi connectivity index (χ0v) is 7.86. The van der Waals surface area contributed by atoms with Gasteiger partial charge in [-0.3, -0.25) is 0 Å². The Labute approximate surface area is 78.5 Å². The van der Waals surface area contributed by atoms with Gasteiger partial charge in [0.15, 0.2) is 0 Å². The van der Waals surface area contributed by atoms with Gasteiger partial charge in [-0.2, -0.15) is 5.26 Å². The Balaban J connectivity index is 0. The van der Waals surface area contributed by atoms with Gasteiger partial charge in [-0.1, -0.05) is 36.4 Å². The van der Waals surface area contributed by atoms with Crippen molar-refractivity contribution in [2.24, 2.45) is 0 Å². The van der Waals surface area contributed by atoms with Crippen molar-refractivity contribution in [1.29, 1.82) is 5.26 Å². The molecule has 0 aromatic heterocycles. The second-order valence-corrected chi connectivity index (χ2v) is 1.99. The van der Waals surface area contributed by atoms with Crippen molar-refractivity contribution >= 4 is 10.6 Å². The Morgan fingerprint density at radius 3 is 1.08 bits per heavy atom. The third-order valence-corrected chi connectivity index (χ3v) is 0.667. The molecule has 1 aromatic rings. The molecule has 13 heavy (non-hydrogen) atoms. The number of nitriles is 1. The van der Waals surface area contributed by atoms with Gasteiger partial charge in [-0.25, -0.2) is 0 Å². The SMILES string of the molecule is CC#N.O=S(=O)=O.c1ccccc1. The van der Waals surface area contributed by atoms with Gasteiger partial charge in [0.2, 0.25) is 0 Å². The average molecular weight is 199 g/mol. The van der Waals surface area contributed by atoms with Crippen LogP contribution in [0, 0.1) is 11.3 Å². The highest BCUT2D eigenvalue weighted by atomic mass is 32.2. The molecular formula is C8H9NO3S. The Bertz CT molecular complexity index is 291. The normalized spacial score (nSPS) is 6.15. The fourth-order valence-electron chi connectivity index (χ4n) is 0.385. The topological polar surface area (TPSA) is 75.0 Å². The zero-order valence-electron chi connectivity index (χ0n) is 7.04. The standard InChI is InChI=1S/C6H6.C2H3N.O3S/c1-2-4-6-5-3-1;1-2-3;1-4(2)3/h1-6H;1H3;. The summed E-state index contributed by atoms with van der Waals surface area (Å²) in [5, 5.41) is 7.32. The van der Waals surface area contributed by atoms with Gasteiger partial charge in [0.1, 0.15) is 0 Å². The lowest BCUT2D eigenvalue weighted by Crippen LogP contribution is -1.47. The first-order valence-electron chi connectivity index (χ1n) is 3.22. The Hall–Kier alpha value is -1.67. The van der Waals surface area contributed by atoms with E-state index < -0.39 is 10.6 Å². The summed E-state index contributed by atoms with van der Waals surface area (Å²) in [5.41, 5.74) is 0. The third kappa shape index (κ3) is 38.2. The largest absolute Gasteiger partial charge is 0.425 e. The molecular weight excluding hydrogens is 190 g/mol. The summed E-state index contributed by atoms with van der Waals surface area (Å²) in [6.45, 7) is 1.43. The van der Waals surface area contributed by atoms with Crippen molar-refractivity contribution in [3.63, 3.8) is 0 Å². The van der Waals surface area contributed by atoms with E-state index in [0.717, 1.165) is 0 Å². The van der Waals surface area contributed by atoms with Crippen molar-refractivity contribution in [1.82, 2.24) is 0 Å². The molecule has 0 aliphatic carbocycles. The highest BCUT2D eigenvalue weighted by molar-refractivity contribution is 7.59. The molecule has 0 N–H and O–H groups in total. The molecule has 0 atom stereocenters. The molecule has 0 fully saturated rings. The van der Waals surface area contributed by atoms with Gasteiger partial charge in [-0.15, -0.1) is 12.6 Å². The number of hydrogen-bond donors (Lipinski definition) is 0. The van der Waals surface area contributed by atoms with Crippen molar-refractivity contribution < 1.29 is 12.6 Å². The van der Waals surface area contributed by atoms with Crippen LogP contribution in [0.4, 0.5) is 0 Å². The lowest BCUT2D eigenvalue weighted by molar-refractivity contribution is 0.559. The maximum absolute atomic E-state index is 8.44. The van der Waals surface area contributed by atoms with Gasteiger partial charge in [0.05, 0.1) is 6.07 Å². The summed E-state index contributed by atoms with van der Waals surface area (Å²) < 4.78 is 25.3. The maximum atomic E-state index is 8.44.